The number of nitrogens with zero attached hydrogens (tertiary/aromatic N) is 1. The van der Waals surface area contributed by atoms with Gasteiger partial charge in [0.25, 0.3) is 0 Å². The van der Waals surface area contributed by atoms with E-state index in [4.69, 9.17) is 4.74 Å². The van der Waals surface area contributed by atoms with Crippen LogP contribution in [0.2, 0.25) is 0 Å². The molecule has 1 fully saturated rings. The maximum atomic E-state index is 12.5. The lowest BCUT2D eigenvalue weighted by molar-refractivity contribution is -0.122. The third kappa shape index (κ3) is 3.80. The van der Waals surface area contributed by atoms with Crippen molar-refractivity contribution in [3.63, 3.8) is 0 Å². The number of aromatic nitrogens is 1. The van der Waals surface area contributed by atoms with Gasteiger partial charge in [-0.1, -0.05) is 25.7 Å². The van der Waals surface area contributed by atoms with Crippen LogP contribution in [0.5, 0.6) is 0 Å². The molecule has 5 nitrogen and oxygen atoms in total. The highest BCUT2D eigenvalue weighted by Crippen LogP contribution is 2.26. The average molecular weight is 348 g/mol. The highest BCUT2D eigenvalue weighted by atomic mass is 32.1. The van der Waals surface area contributed by atoms with E-state index in [2.05, 4.69) is 5.32 Å². The van der Waals surface area contributed by atoms with Crippen molar-refractivity contribution in [1.29, 1.82) is 0 Å². The van der Waals surface area contributed by atoms with Crippen molar-refractivity contribution in [1.82, 2.24) is 9.88 Å². The van der Waals surface area contributed by atoms with Crippen LogP contribution in [0.25, 0.3) is 10.2 Å². The van der Waals surface area contributed by atoms with Gasteiger partial charge < -0.3 is 14.6 Å². The molecule has 0 radical (unpaired) electrons. The predicted octanol–water partition coefficient (Wildman–Crippen LogP) is 3.72. The molecule has 0 spiro atoms. The molecule has 2 heterocycles. The number of thiophene rings is 1. The van der Waals surface area contributed by atoms with Crippen LogP contribution in [-0.2, 0) is 16.1 Å². The van der Waals surface area contributed by atoms with Gasteiger partial charge in [-0.25, -0.2) is 4.79 Å². The Balaban J connectivity index is 1.75. The van der Waals surface area contributed by atoms with E-state index in [9.17, 15) is 9.59 Å². The minimum Gasteiger partial charge on any atom is -0.461 e. The van der Waals surface area contributed by atoms with Crippen LogP contribution in [0.1, 0.15) is 55.9 Å². The van der Waals surface area contributed by atoms with Crippen molar-refractivity contribution in [3.05, 3.63) is 23.2 Å². The smallest absolute Gasteiger partial charge is 0.355 e. The summed E-state index contributed by atoms with van der Waals surface area (Å²) in [5, 5.41) is 6.09. The van der Waals surface area contributed by atoms with E-state index in [0.29, 0.717) is 12.3 Å². The largest absolute Gasteiger partial charge is 0.461 e. The van der Waals surface area contributed by atoms with Crippen LogP contribution < -0.4 is 5.32 Å². The summed E-state index contributed by atoms with van der Waals surface area (Å²) in [6.45, 7) is 2.27. The Labute approximate surface area is 146 Å². The first-order valence-corrected chi connectivity index (χ1v) is 9.60. The Hall–Kier alpha value is -1.82. The molecule has 0 aromatic carbocycles. The number of ether oxygens (including phenoxy) is 1. The second-order valence-electron chi connectivity index (χ2n) is 6.27. The number of esters is 1. The molecule has 0 aliphatic heterocycles. The monoisotopic (exact) mass is 348 g/mol. The quantitative estimate of drug-likeness (QED) is 0.662. The summed E-state index contributed by atoms with van der Waals surface area (Å²) < 4.78 is 6.91. The maximum Gasteiger partial charge on any atom is 0.355 e. The van der Waals surface area contributed by atoms with Crippen LogP contribution in [-0.4, -0.2) is 29.1 Å². The van der Waals surface area contributed by atoms with Crippen molar-refractivity contribution in [2.45, 2.75) is 58.0 Å². The van der Waals surface area contributed by atoms with Crippen LogP contribution in [0, 0.1) is 0 Å². The fraction of sp³-hybridized carbons (Fsp3) is 0.556. The number of hydrogen-bond donors (Lipinski definition) is 1. The first-order valence-electron chi connectivity index (χ1n) is 8.72. The van der Waals surface area contributed by atoms with E-state index in [1.165, 1.54) is 37.0 Å². The first-order chi connectivity index (χ1) is 11.7. The number of fused-ring (bicyclic) bond motifs is 1. The van der Waals surface area contributed by atoms with Crippen molar-refractivity contribution in [2.75, 3.05) is 6.61 Å². The van der Waals surface area contributed by atoms with E-state index in [1.54, 1.807) is 11.5 Å². The standard InChI is InChI=1S/C18H24N2O3S/c1-2-23-18(22)15-11-13-9-10-24-17(13)20(15)12-16(21)19-14-7-5-3-4-6-8-14/h9-11,14H,2-8,12H2,1H3,(H,19,21). The van der Waals surface area contributed by atoms with Crippen molar-refractivity contribution in [3.8, 4) is 0 Å². The molecule has 24 heavy (non-hydrogen) atoms. The SMILES string of the molecule is CCOC(=O)c1cc2ccsc2n1CC(=O)NC1CCCCCC1. The molecule has 0 saturated heterocycles. The zero-order valence-corrected chi connectivity index (χ0v) is 14.9. The summed E-state index contributed by atoms with van der Waals surface area (Å²) in [4.78, 5) is 25.6. The molecule has 2 aromatic rings. The normalized spacial score (nSPS) is 16.0. The Kier molecular flexibility index (Phi) is 5.56. The molecule has 2 aromatic heterocycles. The van der Waals surface area contributed by atoms with Gasteiger partial charge in [0.05, 0.1) is 6.61 Å². The van der Waals surface area contributed by atoms with Crippen molar-refractivity contribution < 1.29 is 14.3 Å². The third-order valence-corrected chi connectivity index (χ3v) is 5.46. The van der Waals surface area contributed by atoms with Gasteiger partial charge in [0, 0.05) is 11.4 Å². The summed E-state index contributed by atoms with van der Waals surface area (Å²) >= 11 is 1.54. The molecule has 6 heteroatoms. The predicted molar refractivity (Wildman–Crippen MR) is 95.4 cm³/mol. The zero-order valence-electron chi connectivity index (χ0n) is 14.0. The molecule has 0 bridgehead atoms. The van der Waals surface area contributed by atoms with Crippen LogP contribution >= 0.6 is 11.3 Å². The summed E-state index contributed by atoms with van der Waals surface area (Å²) in [5.41, 5.74) is 0.453. The number of amides is 1. The lowest BCUT2D eigenvalue weighted by atomic mass is 10.1. The van der Waals surface area contributed by atoms with Crippen LogP contribution in [0.15, 0.2) is 17.5 Å². The maximum absolute atomic E-state index is 12.5. The first kappa shape index (κ1) is 17.0. The number of hydrogen-bond acceptors (Lipinski definition) is 4. The van der Waals surface area contributed by atoms with Gasteiger partial charge in [-0.05, 0) is 37.3 Å². The Morgan fingerprint density at radius 1 is 1.29 bits per heavy atom. The number of rotatable bonds is 5. The van der Waals surface area contributed by atoms with E-state index in [-0.39, 0.29) is 24.5 Å². The summed E-state index contributed by atoms with van der Waals surface area (Å²) in [7, 11) is 0. The summed E-state index contributed by atoms with van der Waals surface area (Å²) in [5.74, 6) is -0.401. The lowest BCUT2D eigenvalue weighted by Crippen LogP contribution is -2.37. The molecular weight excluding hydrogens is 324 g/mol. The zero-order chi connectivity index (χ0) is 16.9. The van der Waals surface area contributed by atoms with Gasteiger partial charge in [-0.15, -0.1) is 11.3 Å². The molecule has 1 saturated carbocycles. The second-order valence-corrected chi connectivity index (χ2v) is 7.17. The number of carbonyl (C=O) groups excluding carboxylic acids is 2. The molecule has 1 aliphatic carbocycles. The minimum absolute atomic E-state index is 0.0293. The Bertz CT molecular complexity index is 711. The number of carbonyl (C=O) groups is 2. The second kappa shape index (κ2) is 7.83. The Morgan fingerprint density at radius 3 is 2.75 bits per heavy atom. The summed E-state index contributed by atoms with van der Waals surface area (Å²) in [6, 6.07) is 4.03. The van der Waals surface area contributed by atoms with Gasteiger partial charge in [0.1, 0.15) is 17.1 Å². The summed E-state index contributed by atoms with van der Waals surface area (Å²) in [6.07, 6.45) is 6.97. The van der Waals surface area contributed by atoms with Gasteiger partial charge >= 0.3 is 5.97 Å². The Morgan fingerprint density at radius 2 is 2.04 bits per heavy atom. The van der Waals surface area contributed by atoms with Crippen LogP contribution in [0.4, 0.5) is 0 Å². The van der Waals surface area contributed by atoms with E-state index >= 15 is 0 Å². The van der Waals surface area contributed by atoms with Gasteiger partial charge in [0.2, 0.25) is 5.91 Å². The van der Waals surface area contributed by atoms with Crippen molar-refractivity contribution in [2.24, 2.45) is 0 Å². The highest BCUT2D eigenvalue weighted by Gasteiger charge is 2.21. The molecule has 1 N–H and O–H groups in total. The molecule has 3 rings (SSSR count). The molecule has 0 atom stereocenters. The van der Waals surface area contributed by atoms with Gasteiger partial charge in [0.15, 0.2) is 0 Å². The van der Waals surface area contributed by atoms with Gasteiger partial charge in [-0.2, -0.15) is 0 Å². The molecule has 130 valence electrons. The average Bonchev–Trinajstić information content (AvgIpc) is 3.03. The van der Waals surface area contributed by atoms with E-state index in [1.807, 2.05) is 17.5 Å². The van der Waals surface area contributed by atoms with Gasteiger partial charge in [-0.3, -0.25) is 4.79 Å². The van der Waals surface area contributed by atoms with Crippen molar-refractivity contribution >= 4 is 33.4 Å². The minimum atomic E-state index is -0.372. The molecule has 0 unspecified atom stereocenters. The lowest BCUT2D eigenvalue weighted by Gasteiger charge is -2.17. The number of nitrogens with one attached hydrogen (secondary N) is 1. The molecular formula is C18H24N2O3S. The van der Waals surface area contributed by atoms with E-state index in [0.717, 1.165) is 23.1 Å². The highest BCUT2D eigenvalue weighted by molar-refractivity contribution is 7.16. The third-order valence-electron chi connectivity index (χ3n) is 4.51. The molecule has 1 amide bonds. The topological polar surface area (TPSA) is 60.3 Å². The fourth-order valence-corrected chi connectivity index (χ4v) is 4.24. The molecule has 1 aliphatic rings. The fourth-order valence-electron chi connectivity index (χ4n) is 3.35. The van der Waals surface area contributed by atoms with Crippen LogP contribution in [0.3, 0.4) is 0 Å². The van der Waals surface area contributed by atoms with E-state index < -0.39 is 0 Å².